The van der Waals surface area contributed by atoms with Gasteiger partial charge in [-0.1, -0.05) is 60.7 Å². The Labute approximate surface area is 217 Å². The van der Waals surface area contributed by atoms with Gasteiger partial charge in [0.2, 0.25) is 5.91 Å². The Balaban J connectivity index is 1.74. The Morgan fingerprint density at radius 1 is 1.00 bits per heavy atom. The van der Waals surface area contributed by atoms with Crippen molar-refractivity contribution < 1.29 is 19.1 Å². The van der Waals surface area contributed by atoms with E-state index in [-0.39, 0.29) is 24.7 Å². The van der Waals surface area contributed by atoms with Crippen LogP contribution in [0.3, 0.4) is 0 Å². The molecule has 0 radical (unpaired) electrons. The zero-order valence-corrected chi connectivity index (χ0v) is 21.9. The van der Waals surface area contributed by atoms with E-state index in [4.69, 9.17) is 9.72 Å². The molecule has 8 nitrogen and oxygen atoms in total. The summed E-state index contributed by atoms with van der Waals surface area (Å²) in [6.07, 6.45) is 0.240. The summed E-state index contributed by atoms with van der Waals surface area (Å²) in [6.45, 7) is 6.81. The first-order valence-corrected chi connectivity index (χ1v) is 12.6. The maximum atomic E-state index is 13.8. The molecular weight excluding hydrogens is 468 g/mol. The number of fused-ring (bicyclic) bond motifs is 1. The largest absolute Gasteiger partial charge is 0.444 e. The standard InChI is InChI=1S/C29H34N4O4/c1-29(2,3)37-28(36)32-16-11-17-33-23(19-32)25(31-26(33)21-14-9-6-10-15-21)24(34)18-22(27(35)30-4)20-12-7-5-8-13-20/h5-10,12-15,22H,11,16-19H2,1-4H3,(H,30,35)/t22-/m0/s1. The van der Waals surface area contributed by atoms with Gasteiger partial charge in [0.1, 0.15) is 17.1 Å². The third-order valence-electron chi connectivity index (χ3n) is 6.33. The number of likely N-dealkylation sites (N-methyl/N-ethyl adjacent to an activating group) is 1. The minimum atomic E-state index is -0.649. The van der Waals surface area contributed by atoms with Crippen molar-refractivity contribution in [2.45, 2.75) is 58.2 Å². The zero-order valence-electron chi connectivity index (χ0n) is 21.9. The van der Waals surface area contributed by atoms with Gasteiger partial charge in [-0.15, -0.1) is 0 Å². The summed E-state index contributed by atoms with van der Waals surface area (Å²) in [5.74, 6) is -0.442. The van der Waals surface area contributed by atoms with Crippen LogP contribution >= 0.6 is 0 Å². The second kappa shape index (κ2) is 11.0. The highest BCUT2D eigenvalue weighted by Crippen LogP contribution is 2.30. The number of aromatic nitrogens is 2. The van der Waals surface area contributed by atoms with Gasteiger partial charge in [-0.25, -0.2) is 9.78 Å². The molecule has 3 aromatic rings. The normalized spacial score (nSPS) is 14.3. The Morgan fingerprint density at radius 2 is 1.65 bits per heavy atom. The zero-order chi connectivity index (χ0) is 26.6. The lowest BCUT2D eigenvalue weighted by Crippen LogP contribution is -2.36. The van der Waals surface area contributed by atoms with Gasteiger partial charge in [0.05, 0.1) is 18.2 Å². The van der Waals surface area contributed by atoms with E-state index in [0.29, 0.717) is 36.7 Å². The minimum absolute atomic E-state index is 0.0334. The summed E-state index contributed by atoms with van der Waals surface area (Å²) >= 11 is 0. The smallest absolute Gasteiger partial charge is 0.410 e. The molecule has 1 aliphatic rings. The predicted molar refractivity (Wildman–Crippen MR) is 141 cm³/mol. The quantitative estimate of drug-likeness (QED) is 0.489. The number of carbonyl (C=O) groups is 3. The van der Waals surface area contributed by atoms with Crippen LogP contribution in [0.15, 0.2) is 60.7 Å². The fraction of sp³-hybridized carbons (Fsp3) is 0.379. The molecule has 0 spiro atoms. The van der Waals surface area contributed by atoms with Gasteiger partial charge in [-0.05, 0) is 32.8 Å². The molecule has 2 aromatic carbocycles. The topological polar surface area (TPSA) is 93.5 Å². The van der Waals surface area contributed by atoms with Crippen molar-refractivity contribution in [3.05, 3.63) is 77.6 Å². The maximum absolute atomic E-state index is 13.8. The van der Waals surface area contributed by atoms with Crippen molar-refractivity contribution >= 4 is 17.8 Å². The highest BCUT2D eigenvalue weighted by molar-refractivity contribution is 6.00. The Hall–Kier alpha value is -3.94. The summed E-state index contributed by atoms with van der Waals surface area (Å²) in [7, 11) is 1.57. The lowest BCUT2D eigenvalue weighted by molar-refractivity contribution is -0.122. The number of amides is 2. The van der Waals surface area contributed by atoms with Crippen LogP contribution in [0.25, 0.3) is 11.4 Å². The van der Waals surface area contributed by atoms with Crippen molar-refractivity contribution in [3.63, 3.8) is 0 Å². The predicted octanol–water partition coefficient (Wildman–Crippen LogP) is 4.79. The van der Waals surface area contributed by atoms with Crippen LogP contribution in [0.5, 0.6) is 0 Å². The van der Waals surface area contributed by atoms with Crippen molar-refractivity contribution in [2.24, 2.45) is 0 Å². The summed E-state index contributed by atoms with van der Waals surface area (Å²) in [5, 5.41) is 2.68. The molecule has 2 heterocycles. The lowest BCUT2D eigenvalue weighted by atomic mass is 9.91. The molecule has 0 fully saturated rings. The molecule has 1 atom stereocenters. The molecule has 0 unspecified atom stereocenters. The van der Waals surface area contributed by atoms with Gasteiger partial charge in [-0.3, -0.25) is 9.59 Å². The third kappa shape index (κ3) is 6.07. The Morgan fingerprint density at radius 3 is 2.27 bits per heavy atom. The first-order chi connectivity index (χ1) is 17.7. The van der Waals surface area contributed by atoms with E-state index in [0.717, 1.165) is 11.1 Å². The van der Waals surface area contributed by atoms with Gasteiger partial charge >= 0.3 is 6.09 Å². The molecule has 4 rings (SSSR count). The first-order valence-electron chi connectivity index (χ1n) is 12.6. The van der Waals surface area contributed by atoms with Crippen LogP contribution in [0.1, 0.15) is 61.3 Å². The number of ether oxygens (including phenoxy) is 1. The highest BCUT2D eigenvalue weighted by atomic mass is 16.6. The van der Waals surface area contributed by atoms with Gasteiger partial charge < -0.3 is 19.5 Å². The van der Waals surface area contributed by atoms with Gasteiger partial charge in [0.25, 0.3) is 0 Å². The van der Waals surface area contributed by atoms with E-state index < -0.39 is 17.6 Å². The van der Waals surface area contributed by atoms with Gasteiger partial charge in [0, 0.05) is 32.1 Å². The second-order valence-corrected chi connectivity index (χ2v) is 10.2. The van der Waals surface area contributed by atoms with Crippen LogP contribution in [-0.4, -0.2) is 51.4 Å². The van der Waals surface area contributed by atoms with Crippen LogP contribution in [0.2, 0.25) is 0 Å². The number of hydrogen-bond acceptors (Lipinski definition) is 5. The molecule has 0 saturated carbocycles. The monoisotopic (exact) mass is 502 g/mol. The van der Waals surface area contributed by atoms with E-state index in [2.05, 4.69) is 5.32 Å². The number of Topliss-reactive ketones (excluding diaryl/α,β-unsaturated/α-hetero) is 1. The molecular formula is C29H34N4O4. The molecule has 0 bridgehead atoms. The highest BCUT2D eigenvalue weighted by Gasteiger charge is 2.32. The molecule has 8 heteroatoms. The molecule has 1 N–H and O–H groups in total. The van der Waals surface area contributed by atoms with Crippen LogP contribution in [-0.2, 0) is 22.6 Å². The van der Waals surface area contributed by atoms with Crippen molar-refractivity contribution in [2.75, 3.05) is 13.6 Å². The van der Waals surface area contributed by atoms with Gasteiger partial charge in [-0.2, -0.15) is 0 Å². The average molecular weight is 503 g/mol. The van der Waals surface area contributed by atoms with Crippen LogP contribution < -0.4 is 5.32 Å². The molecule has 194 valence electrons. The van der Waals surface area contributed by atoms with E-state index >= 15 is 0 Å². The third-order valence-corrected chi connectivity index (χ3v) is 6.33. The molecule has 2 amide bonds. The van der Waals surface area contributed by atoms with Gasteiger partial charge in [0.15, 0.2) is 5.78 Å². The summed E-state index contributed by atoms with van der Waals surface area (Å²) in [4.78, 5) is 46.0. The number of nitrogens with zero attached hydrogens (tertiary/aromatic N) is 3. The number of carbonyl (C=O) groups excluding carboxylic acids is 3. The minimum Gasteiger partial charge on any atom is -0.444 e. The number of hydrogen-bond donors (Lipinski definition) is 1. The molecule has 0 saturated heterocycles. The molecule has 1 aliphatic heterocycles. The average Bonchev–Trinajstić information content (AvgIpc) is 3.09. The number of benzene rings is 2. The van der Waals surface area contributed by atoms with Crippen molar-refractivity contribution in [1.82, 2.24) is 19.8 Å². The van der Waals surface area contributed by atoms with E-state index in [1.807, 2.05) is 86.0 Å². The molecule has 1 aromatic heterocycles. The number of imidazole rings is 1. The Kier molecular flexibility index (Phi) is 7.76. The van der Waals surface area contributed by atoms with Crippen LogP contribution in [0.4, 0.5) is 4.79 Å². The van der Waals surface area contributed by atoms with Crippen LogP contribution in [0, 0.1) is 0 Å². The summed E-state index contributed by atoms with van der Waals surface area (Å²) in [5.41, 5.74) is 1.97. The SMILES string of the molecule is CNC(=O)[C@@H](CC(=O)c1nc(-c2ccccc2)n2c1CN(C(=O)OC(C)(C)C)CCC2)c1ccccc1. The Bertz CT molecular complexity index is 1260. The number of rotatable bonds is 6. The fourth-order valence-electron chi connectivity index (χ4n) is 4.58. The fourth-order valence-corrected chi connectivity index (χ4v) is 4.58. The van der Waals surface area contributed by atoms with Crippen molar-refractivity contribution in [3.8, 4) is 11.4 Å². The van der Waals surface area contributed by atoms with Crippen molar-refractivity contribution in [1.29, 1.82) is 0 Å². The van der Waals surface area contributed by atoms with E-state index in [1.165, 1.54) is 0 Å². The summed E-state index contributed by atoms with van der Waals surface area (Å²) in [6, 6.07) is 19.0. The van der Waals surface area contributed by atoms with E-state index in [1.54, 1.807) is 11.9 Å². The maximum Gasteiger partial charge on any atom is 0.410 e. The molecule has 37 heavy (non-hydrogen) atoms. The van der Waals surface area contributed by atoms with E-state index in [9.17, 15) is 14.4 Å². The lowest BCUT2D eigenvalue weighted by Gasteiger charge is -2.26. The molecule has 0 aliphatic carbocycles. The second-order valence-electron chi connectivity index (χ2n) is 10.2. The summed E-state index contributed by atoms with van der Waals surface area (Å²) < 4.78 is 7.66. The number of nitrogens with one attached hydrogen (secondary N) is 1. The number of ketones is 1. The first kappa shape index (κ1) is 26.1.